The third-order valence-corrected chi connectivity index (χ3v) is 14.5. The number of alkyl halides is 2. The summed E-state index contributed by atoms with van der Waals surface area (Å²) in [5.41, 5.74) is -2.32. The topological polar surface area (TPSA) is 169 Å². The zero-order valence-corrected chi connectivity index (χ0v) is 32.8. The van der Waals surface area contributed by atoms with Crippen LogP contribution in [0.1, 0.15) is 128 Å². The molecule has 12 nitrogen and oxygen atoms in total. The lowest BCUT2D eigenvalue weighted by atomic mass is 9.59. The van der Waals surface area contributed by atoms with E-state index in [0.717, 1.165) is 76.8 Å². The van der Waals surface area contributed by atoms with Gasteiger partial charge in [-0.05, 0) is 93.8 Å². The fourth-order valence-corrected chi connectivity index (χ4v) is 11.4. The standard InChI is InChI=1S/C40H60F2O12S/c41-40(42,55(47,48)49)36(46)54-39-13-5-9-30(19-39)16-33(20-39)35-52-26-38(27-53-35,24-50-23-37-12-4-8-29(17-37)15-32(18-37)22-44)25-51-34(45)11-10-31(21-43)14-28-6-2-1-3-7-28/h21-22,28-33,35H,1-20,23-27H2,(H,47,48,49). The molecule has 1 aliphatic heterocycles. The highest BCUT2D eigenvalue weighted by Crippen LogP contribution is 2.52. The van der Waals surface area contributed by atoms with Crippen molar-refractivity contribution in [1.29, 1.82) is 0 Å². The maximum Gasteiger partial charge on any atom is 0.465 e. The van der Waals surface area contributed by atoms with Gasteiger partial charge in [-0.3, -0.25) is 9.35 Å². The molecule has 15 heteroatoms. The Morgan fingerprint density at radius 2 is 1.58 bits per heavy atom. The molecule has 55 heavy (non-hydrogen) atoms. The predicted octanol–water partition coefficient (Wildman–Crippen LogP) is 6.62. The van der Waals surface area contributed by atoms with E-state index in [1.807, 2.05) is 0 Å². The average Bonchev–Trinajstić information content (AvgIpc) is 3.15. The number of halogens is 2. The van der Waals surface area contributed by atoms with Gasteiger partial charge in [-0.25, -0.2) is 4.79 Å². The van der Waals surface area contributed by atoms with E-state index < -0.39 is 44.6 Å². The van der Waals surface area contributed by atoms with E-state index in [1.54, 1.807) is 0 Å². The molecule has 6 rings (SSSR count). The van der Waals surface area contributed by atoms with Crippen LogP contribution in [-0.4, -0.2) is 87.7 Å². The monoisotopic (exact) mass is 802 g/mol. The molecule has 0 aromatic rings. The number of ether oxygens (including phenoxy) is 5. The molecular formula is C40H60F2O12S. The first kappa shape index (κ1) is 42.5. The highest BCUT2D eigenvalue weighted by atomic mass is 32.2. The third-order valence-electron chi connectivity index (χ3n) is 13.7. The van der Waals surface area contributed by atoms with E-state index in [2.05, 4.69) is 0 Å². The van der Waals surface area contributed by atoms with Crippen molar-refractivity contribution in [2.45, 2.75) is 146 Å². The minimum absolute atomic E-state index is 0.000364. The Bertz CT molecular complexity index is 1460. The van der Waals surface area contributed by atoms with Crippen LogP contribution in [0.25, 0.3) is 0 Å². The summed E-state index contributed by atoms with van der Waals surface area (Å²) in [5, 5.41) is -5.09. The average molecular weight is 803 g/mol. The second kappa shape index (κ2) is 17.8. The summed E-state index contributed by atoms with van der Waals surface area (Å²) >= 11 is 0. The second-order valence-corrected chi connectivity index (χ2v) is 19.8. The van der Waals surface area contributed by atoms with E-state index in [0.29, 0.717) is 37.7 Å². The molecule has 6 aliphatic rings. The predicted molar refractivity (Wildman–Crippen MR) is 193 cm³/mol. The minimum Gasteiger partial charge on any atom is -0.465 e. The zero-order chi connectivity index (χ0) is 39.3. The van der Waals surface area contributed by atoms with Crippen molar-refractivity contribution < 1.29 is 64.6 Å². The number of hydrogen-bond acceptors (Lipinski definition) is 11. The van der Waals surface area contributed by atoms with Gasteiger partial charge in [0.15, 0.2) is 6.29 Å². The van der Waals surface area contributed by atoms with Crippen LogP contribution in [0.4, 0.5) is 8.78 Å². The van der Waals surface area contributed by atoms with Gasteiger partial charge in [0.1, 0.15) is 24.8 Å². The van der Waals surface area contributed by atoms with E-state index >= 15 is 0 Å². The van der Waals surface area contributed by atoms with Crippen molar-refractivity contribution in [3.8, 4) is 0 Å². The highest BCUT2D eigenvalue weighted by Gasteiger charge is 2.58. The molecule has 6 fully saturated rings. The van der Waals surface area contributed by atoms with Gasteiger partial charge in [0.05, 0.1) is 31.8 Å². The largest absolute Gasteiger partial charge is 0.465 e. The summed E-state index contributed by atoms with van der Waals surface area (Å²) in [4.78, 5) is 49.2. The molecule has 0 spiro atoms. The van der Waals surface area contributed by atoms with Crippen LogP contribution in [0.2, 0.25) is 0 Å². The minimum atomic E-state index is -6.02. The quantitative estimate of drug-likeness (QED) is 0.0950. The van der Waals surface area contributed by atoms with Crippen molar-refractivity contribution >= 4 is 34.6 Å². The molecule has 312 valence electrons. The molecule has 7 atom stereocenters. The van der Waals surface area contributed by atoms with Crippen LogP contribution in [0.15, 0.2) is 0 Å². The lowest BCUT2D eigenvalue weighted by molar-refractivity contribution is -0.280. The van der Waals surface area contributed by atoms with Gasteiger partial charge in [0.25, 0.3) is 0 Å². The molecule has 5 saturated carbocycles. The maximum absolute atomic E-state index is 14.3. The molecule has 0 aromatic heterocycles. The maximum atomic E-state index is 14.3. The number of esters is 2. The van der Waals surface area contributed by atoms with Crippen LogP contribution in [0.5, 0.6) is 0 Å². The third kappa shape index (κ3) is 10.5. The zero-order valence-electron chi connectivity index (χ0n) is 32.0. The molecule has 4 bridgehead atoms. The fraction of sp³-hybridized carbons (Fsp3) is 0.900. The Morgan fingerprint density at radius 3 is 2.27 bits per heavy atom. The van der Waals surface area contributed by atoms with E-state index in [4.69, 9.17) is 28.2 Å². The van der Waals surface area contributed by atoms with Gasteiger partial charge in [-0.2, -0.15) is 17.2 Å². The second-order valence-electron chi connectivity index (χ2n) is 18.3. The molecule has 0 amide bonds. The summed E-state index contributed by atoms with van der Waals surface area (Å²) in [6.45, 7) is 0.792. The Hall–Kier alpha value is -2.07. The number of carbonyl (C=O) groups excluding carboxylic acids is 4. The lowest BCUT2D eigenvalue weighted by Crippen LogP contribution is -2.55. The van der Waals surface area contributed by atoms with Gasteiger partial charge >= 0.3 is 27.3 Å². The van der Waals surface area contributed by atoms with Gasteiger partial charge in [0, 0.05) is 24.2 Å². The fourth-order valence-electron chi connectivity index (χ4n) is 11.1. The normalized spacial score (nSPS) is 36.3. The van der Waals surface area contributed by atoms with Crippen molar-refractivity contribution in [2.24, 2.45) is 46.3 Å². The number of aldehydes is 2. The summed E-state index contributed by atoms with van der Waals surface area (Å²) in [5.74, 6) is -2.24. The van der Waals surface area contributed by atoms with Crippen molar-refractivity contribution in [3.05, 3.63) is 0 Å². The SMILES string of the molecule is O=CC(CCC(=O)OCC1(COCC23CCCC(CC(C=O)C2)C3)COC(C2CC3CCCC(OC(=O)C(F)(F)S(=O)(=O)O)(C3)C2)OC1)CC1CCCCC1. The van der Waals surface area contributed by atoms with Crippen molar-refractivity contribution in [3.63, 3.8) is 0 Å². The van der Waals surface area contributed by atoms with Gasteiger partial charge in [-0.15, -0.1) is 0 Å². The van der Waals surface area contributed by atoms with Crippen LogP contribution in [-0.2, 0) is 53.0 Å². The molecule has 0 radical (unpaired) electrons. The Balaban J connectivity index is 1.09. The molecule has 1 heterocycles. The van der Waals surface area contributed by atoms with E-state index in [-0.39, 0.29) is 81.2 Å². The van der Waals surface area contributed by atoms with Crippen LogP contribution < -0.4 is 0 Å². The number of rotatable bonds is 17. The Morgan fingerprint density at radius 1 is 0.873 bits per heavy atom. The van der Waals surface area contributed by atoms with E-state index in [1.165, 1.54) is 19.3 Å². The van der Waals surface area contributed by atoms with E-state index in [9.17, 15) is 36.4 Å². The molecule has 0 aromatic carbocycles. The highest BCUT2D eigenvalue weighted by molar-refractivity contribution is 7.87. The summed E-state index contributed by atoms with van der Waals surface area (Å²) in [6.07, 6.45) is 16.9. The van der Waals surface area contributed by atoms with Crippen LogP contribution in [0.3, 0.4) is 0 Å². The van der Waals surface area contributed by atoms with Gasteiger partial charge in [-0.1, -0.05) is 51.4 Å². The smallest absolute Gasteiger partial charge is 0.465 e. The van der Waals surface area contributed by atoms with Crippen LogP contribution >= 0.6 is 0 Å². The number of carbonyl (C=O) groups is 4. The number of hydrogen-bond donors (Lipinski definition) is 1. The first-order chi connectivity index (χ1) is 26.2. The molecule has 1 saturated heterocycles. The lowest BCUT2D eigenvalue weighted by Gasteiger charge is -2.50. The molecule has 5 aliphatic carbocycles. The molecular weight excluding hydrogens is 742 g/mol. The van der Waals surface area contributed by atoms with Crippen molar-refractivity contribution in [2.75, 3.05) is 33.0 Å². The molecule has 1 N–H and O–H groups in total. The number of fused-ring (bicyclic) bond motifs is 4. The van der Waals surface area contributed by atoms with Crippen molar-refractivity contribution in [1.82, 2.24) is 0 Å². The summed E-state index contributed by atoms with van der Waals surface area (Å²) < 4.78 is 90.3. The molecule has 7 unspecified atom stereocenters. The van der Waals surface area contributed by atoms with Gasteiger partial charge < -0.3 is 33.3 Å². The Kier molecular flexibility index (Phi) is 13.8. The summed E-state index contributed by atoms with van der Waals surface area (Å²) in [7, 11) is -6.02. The first-order valence-electron chi connectivity index (χ1n) is 20.6. The van der Waals surface area contributed by atoms with Crippen LogP contribution in [0, 0.1) is 46.3 Å². The summed E-state index contributed by atoms with van der Waals surface area (Å²) in [6, 6.07) is 0. The Labute approximate surface area is 323 Å². The first-order valence-corrected chi connectivity index (χ1v) is 22.1. The van der Waals surface area contributed by atoms with Gasteiger partial charge in [0.2, 0.25) is 0 Å².